The Morgan fingerprint density at radius 2 is 1.97 bits per heavy atom. The second-order valence-corrected chi connectivity index (χ2v) is 8.74. The molecule has 2 fully saturated rings. The Morgan fingerprint density at radius 3 is 2.70 bits per heavy atom. The maximum absolute atomic E-state index is 15.0. The molecule has 152 valence electrons. The number of H-pyrrole nitrogens is 1. The molecule has 0 radical (unpaired) electrons. The number of ether oxygens (including phenoxy) is 1. The number of fused-ring (bicyclic) bond motifs is 3. The second kappa shape index (κ2) is 7.10. The minimum absolute atomic E-state index is 0.170. The molecule has 7 nitrogen and oxygen atoms in total. The van der Waals surface area contributed by atoms with Gasteiger partial charge in [0.05, 0.1) is 16.6 Å². The highest BCUT2D eigenvalue weighted by Crippen LogP contribution is 2.39. The van der Waals surface area contributed by atoms with Crippen LogP contribution in [0.25, 0.3) is 32.5 Å². The third-order valence-corrected chi connectivity index (χ3v) is 6.85. The summed E-state index contributed by atoms with van der Waals surface area (Å²) < 4.78 is 26.3. The third kappa shape index (κ3) is 3.05. The average molecular weight is 422 g/mol. The first kappa shape index (κ1) is 17.9. The molecule has 6 rings (SSSR count). The predicted octanol–water partition coefficient (Wildman–Crippen LogP) is 3.94. The van der Waals surface area contributed by atoms with E-state index in [-0.39, 0.29) is 11.9 Å². The number of nitrogens with zero attached hydrogens (tertiary/aromatic N) is 4. The molecule has 3 aromatic heterocycles. The number of benzene rings is 1. The smallest absolute Gasteiger partial charge is 0.233 e. The molecule has 4 aromatic rings. The van der Waals surface area contributed by atoms with E-state index in [1.165, 1.54) is 30.4 Å². The lowest BCUT2D eigenvalue weighted by Crippen LogP contribution is -2.42. The van der Waals surface area contributed by atoms with Crippen molar-refractivity contribution >= 4 is 21.6 Å². The van der Waals surface area contributed by atoms with Crippen molar-refractivity contribution < 1.29 is 9.13 Å². The number of hydrogen-bond donors (Lipinski definition) is 2. The summed E-state index contributed by atoms with van der Waals surface area (Å²) in [5.74, 6) is 0.174. The van der Waals surface area contributed by atoms with Crippen LogP contribution in [0.5, 0.6) is 5.88 Å². The molecule has 2 bridgehead atoms. The fourth-order valence-corrected chi connectivity index (χ4v) is 5.45. The highest BCUT2D eigenvalue weighted by atomic mass is 32.1. The number of hydrogen-bond acceptors (Lipinski definition) is 7. The number of rotatable bonds is 4. The van der Waals surface area contributed by atoms with Crippen LogP contribution in [0.15, 0.2) is 36.8 Å². The van der Waals surface area contributed by atoms with E-state index in [0.29, 0.717) is 40.3 Å². The van der Waals surface area contributed by atoms with Gasteiger partial charge in [0.1, 0.15) is 11.9 Å². The van der Waals surface area contributed by atoms with E-state index >= 15 is 4.39 Å². The van der Waals surface area contributed by atoms with Crippen molar-refractivity contribution in [3.05, 3.63) is 42.6 Å². The molecular formula is C21H19FN6OS. The Hall–Kier alpha value is -2.91. The monoisotopic (exact) mass is 422 g/mol. The van der Waals surface area contributed by atoms with Crippen LogP contribution in [-0.2, 0) is 0 Å². The molecule has 5 heterocycles. The zero-order chi connectivity index (χ0) is 20.1. The molecule has 0 saturated carbocycles. The lowest BCUT2D eigenvalue weighted by molar-refractivity contribution is 0.130. The van der Waals surface area contributed by atoms with E-state index in [1.807, 2.05) is 12.1 Å². The van der Waals surface area contributed by atoms with Gasteiger partial charge in [0.2, 0.25) is 5.88 Å². The molecule has 1 aromatic carbocycles. The van der Waals surface area contributed by atoms with Gasteiger partial charge in [-0.25, -0.2) is 4.39 Å². The molecular weight excluding hydrogens is 403 g/mol. The number of aromatic amines is 1. The molecule has 9 heteroatoms. The summed E-state index contributed by atoms with van der Waals surface area (Å²) in [6.07, 6.45) is 9.59. The molecule has 0 amide bonds. The van der Waals surface area contributed by atoms with Crippen LogP contribution in [0.3, 0.4) is 0 Å². The van der Waals surface area contributed by atoms with Gasteiger partial charge >= 0.3 is 0 Å². The molecule has 0 spiro atoms. The first-order valence-electron chi connectivity index (χ1n) is 10.1. The van der Waals surface area contributed by atoms with Crippen LogP contribution < -0.4 is 10.1 Å². The van der Waals surface area contributed by atoms with Crippen LogP contribution in [0.2, 0.25) is 0 Å². The van der Waals surface area contributed by atoms with Gasteiger partial charge in [-0.15, -0.1) is 10.2 Å². The summed E-state index contributed by atoms with van der Waals surface area (Å²) in [6.45, 7) is 0. The zero-order valence-electron chi connectivity index (χ0n) is 16.0. The standard InChI is InChI=1S/C21H19FN6OS/c22-17-7-15(21-16(10-25-30-21)20(17)11-8-23-24-9-11)18-3-4-19(28-27-18)29-14-5-12-1-2-13(6-14)26-12/h3-4,7-10,12-14,26H,1-2,5-6H2,(H,23,24)/t12-,13+,14?. The summed E-state index contributed by atoms with van der Waals surface area (Å²) in [5.41, 5.74) is 2.45. The molecule has 2 aliphatic rings. The summed E-state index contributed by atoms with van der Waals surface area (Å²) in [5, 5.41) is 19.6. The number of piperidine rings is 1. The molecule has 2 saturated heterocycles. The fraction of sp³-hybridized carbons (Fsp3) is 0.333. The van der Waals surface area contributed by atoms with Crippen molar-refractivity contribution in [3.8, 4) is 28.3 Å². The molecule has 3 atom stereocenters. The molecule has 2 aliphatic heterocycles. The van der Waals surface area contributed by atoms with Crippen molar-refractivity contribution in [1.29, 1.82) is 0 Å². The molecule has 30 heavy (non-hydrogen) atoms. The summed E-state index contributed by atoms with van der Waals surface area (Å²) >= 11 is 1.32. The Balaban J connectivity index is 1.31. The van der Waals surface area contributed by atoms with Crippen LogP contribution in [0, 0.1) is 5.82 Å². The summed E-state index contributed by atoms with van der Waals surface area (Å²) in [7, 11) is 0. The van der Waals surface area contributed by atoms with E-state index in [1.54, 1.807) is 18.6 Å². The largest absolute Gasteiger partial charge is 0.473 e. The predicted molar refractivity (Wildman–Crippen MR) is 112 cm³/mol. The van der Waals surface area contributed by atoms with Gasteiger partial charge in [-0.1, -0.05) is 0 Å². The molecule has 2 N–H and O–H groups in total. The zero-order valence-corrected chi connectivity index (χ0v) is 16.8. The van der Waals surface area contributed by atoms with Crippen LogP contribution in [0.4, 0.5) is 4.39 Å². The first-order chi connectivity index (χ1) is 14.7. The Morgan fingerprint density at radius 1 is 1.10 bits per heavy atom. The average Bonchev–Trinajstić information content (AvgIpc) is 3.50. The van der Waals surface area contributed by atoms with Crippen molar-refractivity contribution in [2.75, 3.05) is 0 Å². The van der Waals surface area contributed by atoms with Crippen molar-refractivity contribution in [3.63, 3.8) is 0 Å². The SMILES string of the molecule is Fc1cc(-c2ccc(OC3C[C@H]4CC[C@@H](C3)N4)nn2)c2sncc2c1-c1cn[nH]c1. The van der Waals surface area contributed by atoms with E-state index < -0.39 is 0 Å². The fourth-order valence-electron chi connectivity index (χ4n) is 4.67. The minimum atomic E-state index is -0.341. The summed E-state index contributed by atoms with van der Waals surface area (Å²) in [6, 6.07) is 6.26. The lowest BCUT2D eigenvalue weighted by Gasteiger charge is -2.28. The highest BCUT2D eigenvalue weighted by molar-refractivity contribution is 7.14. The van der Waals surface area contributed by atoms with Gasteiger partial charge in [0.15, 0.2) is 0 Å². The van der Waals surface area contributed by atoms with Gasteiger partial charge in [0, 0.05) is 52.6 Å². The Bertz CT molecular complexity index is 1180. The summed E-state index contributed by atoms with van der Waals surface area (Å²) in [4.78, 5) is 0. The number of halogens is 1. The van der Waals surface area contributed by atoms with E-state index in [2.05, 4.69) is 30.1 Å². The van der Waals surface area contributed by atoms with Crippen LogP contribution >= 0.6 is 11.5 Å². The second-order valence-electron chi connectivity index (χ2n) is 7.94. The van der Waals surface area contributed by atoms with Crippen molar-refractivity contribution in [2.24, 2.45) is 0 Å². The maximum Gasteiger partial charge on any atom is 0.233 e. The van der Waals surface area contributed by atoms with E-state index in [4.69, 9.17) is 4.74 Å². The van der Waals surface area contributed by atoms with Crippen molar-refractivity contribution in [2.45, 2.75) is 43.9 Å². The molecule has 1 unspecified atom stereocenters. The topological polar surface area (TPSA) is 88.6 Å². The van der Waals surface area contributed by atoms with Crippen molar-refractivity contribution in [1.82, 2.24) is 30.1 Å². The third-order valence-electron chi connectivity index (χ3n) is 6.01. The van der Waals surface area contributed by atoms with Gasteiger partial charge in [0.25, 0.3) is 0 Å². The van der Waals surface area contributed by atoms with Gasteiger partial charge in [-0.2, -0.15) is 9.47 Å². The van der Waals surface area contributed by atoms with E-state index in [0.717, 1.165) is 22.9 Å². The minimum Gasteiger partial charge on any atom is -0.473 e. The highest BCUT2D eigenvalue weighted by Gasteiger charge is 2.34. The number of aromatic nitrogens is 5. The maximum atomic E-state index is 15.0. The van der Waals surface area contributed by atoms with Gasteiger partial charge < -0.3 is 10.1 Å². The van der Waals surface area contributed by atoms with Gasteiger partial charge in [-0.05, 0) is 49.3 Å². The molecule has 0 aliphatic carbocycles. The lowest BCUT2D eigenvalue weighted by atomic mass is 10.0. The van der Waals surface area contributed by atoms with E-state index in [9.17, 15) is 0 Å². The van der Waals surface area contributed by atoms with Crippen LogP contribution in [-0.4, -0.2) is 43.0 Å². The van der Waals surface area contributed by atoms with Gasteiger partial charge in [-0.3, -0.25) is 5.10 Å². The normalized spacial score (nSPS) is 23.2. The number of nitrogens with one attached hydrogen (secondary N) is 2. The Kier molecular flexibility index (Phi) is 4.24. The van der Waals surface area contributed by atoms with Crippen LogP contribution in [0.1, 0.15) is 25.7 Å². The Labute approximate surface area is 175 Å². The first-order valence-corrected chi connectivity index (χ1v) is 10.8. The quantitative estimate of drug-likeness (QED) is 0.518.